The summed E-state index contributed by atoms with van der Waals surface area (Å²) in [6, 6.07) is 25.8. The molecule has 0 saturated carbocycles. The highest BCUT2D eigenvalue weighted by Crippen LogP contribution is 2.50. The number of hydrogen-bond donors (Lipinski definition) is 0. The Bertz CT molecular complexity index is 1040. The lowest BCUT2D eigenvalue weighted by Crippen LogP contribution is -2.42. The van der Waals surface area contributed by atoms with Gasteiger partial charge in [-0.1, -0.05) is 70.5 Å². The molecular weight excluding hydrogens is 388 g/mol. The van der Waals surface area contributed by atoms with Gasteiger partial charge in [0.1, 0.15) is 0 Å². The van der Waals surface area contributed by atoms with E-state index in [2.05, 4.69) is 15.9 Å². The maximum absolute atomic E-state index is 13.5. The molecule has 5 rings (SSSR count). The maximum atomic E-state index is 13.5. The monoisotopic (exact) mass is 402 g/mol. The van der Waals surface area contributed by atoms with Gasteiger partial charge in [0.05, 0.1) is 11.4 Å². The lowest BCUT2D eigenvalue weighted by Gasteiger charge is -2.30. The quantitative estimate of drug-likeness (QED) is 0.593. The summed E-state index contributed by atoms with van der Waals surface area (Å²) in [5.41, 5.74) is 3.81. The Hall–Kier alpha value is -2.72. The van der Waals surface area contributed by atoms with Gasteiger partial charge < -0.3 is 0 Å². The fraction of sp³-hybridized carbons (Fsp3) is 0.0909. The number of nitrogens with zero attached hydrogens (tertiary/aromatic N) is 2. The van der Waals surface area contributed by atoms with E-state index in [9.17, 15) is 4.79 Å². The number of carbonyl (C=O) groups is 1. The molecule has 0 aromatic heterocycles. The van der Waals surface area contributed by atoms with Gasteiger partial charge in [-0.15, -0.1) is 0 Å². The third kappa shape index (κ3) is 2.05. The van der Waals surface area contributed by atoms with Crippen molar-refractivity contribution in [2.24, 2.45) is 5.10 Å². The number of para-hydroxylation sites is 1. The van der Waals surface area contributed by atoms with Crippen molar-refractivity contribution in [3.8, 4) is 0 Å². The lowest BCUT2D eigenvalue weighted by molar-refractivity contribution is 0.0908. The van der Waals surface area contributed by atoms with Crippen molar-refractivity contribution in [3.63, 3.8) is 0 Å². The second-order valence-electron chi connectivity index (χ2n) is 6.61. The van der Waals surface area contributed by atoms with Gasteiger partial charge in [-0.25, -0.2) is 5.01 Å². The topological polar surface area (TPSA) is 32.7 Å². The average Bonchev–Trinajstić information content (AvgIpc) is 3.19. The van der Waals surface area contributed by atoms with Crippen LogP contribution in [0.25, 0.3) is 0 Å². The summed E-state index contributed by atoms with van der Waals surface area (Å²) in [5, 5.41) is 6.83. The van der Waals surface area contributed by atoms with Crippen LogP contribution in [0.5, 0.6) is 0 Å². The van der Waals surface area contributed by atoms with Crippen LogP contribution in [0.15, 0.2) is 88.4 Å². The molecule has 0 bridgehead atoms. The van der Waals surface area contributed by atoms with Gasteiger partial charge in [0.25, 0.3) is 0 Å². The van der Waals surface area contributed by atoms with Crippen molar-refractivity contribution >= 4 is 33.1 Å². The van der Waals surface area contributed by atoms with Gasteiger partial charge in [-0.05, 0) is 35.4 Å². The van der Waals surface area contributed by atoms with Crippen LogP contribution in [0.2, 0.25) is 0 Å². The number of fused-ring (bicyclic) bond motifs is 3. The molecule has 0 radical (unpaired) electrons. The molecule has 2 heterocycles. The van der Waals surface area contributed by atoms with Crippen LogP contribution in [0.3, 0.4) is 0 Å². The van der Waals surface area contributed by atoms with E-state index < -0.39 is 5.54 Å². The summed E-state index contributed by atoms with van der Waals surface area (Å²) >= 11 is 3.48. The van der Waals surface area contributed by atoms with E-state index in [0.717, 1.165) is 32.6 Å². The zero-order valence-corrected chi connectivity index (χ0v) is 15.5. The molecule has 0 amide bonds. The minimum absolute atomic E-state index is 0.121. The van der Waals surface area contributed by atoms with E-state index in [4.69, 9.17) is 5.10 Å². The molecule has 0 N–H and O–H groups in total. The molecule has 2 aliphatic heterocycles. The smallest absolute Gasteiger partial charge is 0.197 e. The van der Waals surface area contributed by atoms with Crippen molar-refractivity contribution in [2.75, 3.05) is 5.01 Å². The molecule has 1 atom stereocenters. The SMILES string of the molecule is O=C1c2ccccc2N2N=C(c3ccc(Br)cc3)CC12c1ccccc1. The van der Waals surface area contributed by atoms with Crippen LogP contribution in [-0.4, -0.2) is 11.5 Å². The Morgan fingerprint density at radius 1 is 0.885 bits per heavy atom. The normalized spacial score (nSPS) is 20.7. The van der Waals surface area contributed by atoms with E-state index in [1.165, 1.54) is 0 Å². The Kier molecular flexibility index (Phi) is 3.37. The fourth-order valence-electron chi connectivity index (χ4n) is 3.94. The highest BCUT2D eigenvalue weighted by atomic mass is 79.9. The molecule has 126 valence electrons. The van der Waals surface area contributed by atoms with Gasteiger partial charge in [0.2, 0.25) is 0 Å². The molecule has 3 aromatic carbocycles. The Morgan fingerprint density at radius 3 is 2.35 bits per heavy atom. The first-order chi connectivity index (χ1) is 12.7. The summed E-state index contributed by atoms with van der Waals surface area (Å²) < 4.78 is 1.03. The van der Waals surface area contributed by atoms with E-state index in [1.807, 2.05) is 83.9 Å². The molecule has 4 heteroatoms. The van der Waals surface area contributed by atoms with Crippen molar-refractivity contribution < 1.29 is 4.79 Å². The Labute approximate surface area is 160 Å². The molecule has 3 aromatic rings. The molecule has 0 saturated heterocycles. The van der Waals surface area contributed by atoms with E-state index in [-0.39, 0.29) is 5.78 Å². The van der Waals surface area contributed by atoms with Gasteiger partial charge >= 0.3 is 0 Å². The zero-order chi connectivity index (χ0) is 17.7. The molecule has 0 aliphatic carbocycles. The molecule has 2 aliphatic rings. The first-order valence-corrected chi connectivity index (χ1v) is 9.32. The summed E-state index contributed by atoms with van der Waals surface area (Å²) in [7, 11) is 0. The van der Waals surface area contributed by atoms with E-state index in [1.54, 1.807) is 0 Å². The zero-order valence-electron chi connectivity index (χ0n) is 13.9. The second-order valence-corrected chi connectivity index (χ2v) is 7.53. The molecule has 0 spiro atoms. The number of hydrazone groups is 1. The lowest BCUT2D eigenvalue weighted by atomic mass is 9.81. The van der Waals surface area contributed by atoms with Crippen LogP contribution in [0.1, 0.15) is 27.9 Å². The first-order valence-electron chi connectivity index (χ1n) is 8.53. The van der Waals surface area contributed by atoms with Gasteiger partial charge in [0.15, 0.2) is 11.3 Å². The number of Topliss-reactive ketones (excluding diaryl/α,β-unsaturated/α-hetero) is 1. The van der Waals surface area contributed by atoms with Crippen LogP contribution >= 0.6 is 15.9 Å². The highest BCUT2D eigenvalue weighted by molar-refractivity contribution is 9.10. The second kappa shape index (κ2) is 5.64. The first kappa shape index (κ1) is 15.5. The number of benzene rings is 3. The average molecular weight is 403 g/mol. The Balaban J connectivity index is 1.71. The molecule has 3 nitrogen and oxygen atoms in total. The number of ketones is 1. The third-order valence-corrected chi connectivity index (χ3v) is 5.72. The van der Waals surface area contributed by atoms with E-state index in [0.29, 0.717) is 6.42 Å². The van der Waals surface area contributed by atoms with Crippen molar-refractivity contribution in [1.82, 2.24) is 0 Å². The fourth-order valence-corrected chi connectivity index (χ4v) is 4.20. The van der Waals surface area contributed by atoms with E-state index >= 15 is 0 Å². The summed E-state index contributed by atoms with van der Waals surface area (Å²) in [5.74, 6) is 0.121. The van der Waals surface area contributed by atoms with Gasteiger partial charge in [-0.2, -0.15) is 5.10 Å². The minimum Gasteiger partial charge on any atom is -0.291 e. The largest absolute Gasteiger partial charge is 0.291 e. The van der Waals surface area contributed by atoms with Crippen molar-refractivity contribution in [3.05, 3.63) is 100 Å². The minimum atomic E-state index is -0.784. The molecule has 26 heavy (non-hydrogen) atoms. The van der Waals surface area contributed by atoms with Crippen LogP contribution in [-0.2, 0) is 5.54 Å². The van der Waals surface area contributed by atoms with Crippen LogP contribution < -0.4 is 5.01 Å². The summed E-state index contributed by atoms with van der Waals surface area (Å²) in [6.45, 7) is 0. The van der Waals surface area contributed by atoms with Gasteiger partial charge in [-0.3, -0.25) is 4.79 Å². The number of halogens is 1. The predicted molar refractivity (Wildman–Crippen MR) is 107 cm³/mol. The molecular formula is C22H15BrN2O. The van der Waals surface area contributed by atoms with Crippen molar-refractivity contribution in [1.29, 1.82) is 0 Å². The number of carbonyl (C=O) groups excluding carboxylic acids is 1. The molecule has 0 fully saturated rings. The maximum Gasteiger partial charge on any atom is 0.197 e. The highest BCUT2D eigenvalue weighted by Gasteiger charge is 2.56. The Morgan fingerprint density at radius 2 is 1.58 bits per heavy atom. The van der Waals surface area contributed by atoms with Crippen molar-refractivity contribution in [2.45, 2.75) is 12.0 Å². The van der Waals surface area contributed by atoms with Crippen LogP contribution in [0.4, 0.5) is 5.69 Å². The number of rotatable bonds is 2. The summed E-state index contributed by atoms with van der Waals surface area (Å²) in [6.07, 6.45) is 0.562. The number of hydrogen-bond acceptors (Lipinski definition) is 3. The third-order valence-electron chi connectivity index (χ3n) is 5.19. The standard InChI is InChI=1S/C22H15BrN2O/c23-17-12-10-15(11-13-17)19-14-22(16-6-2-1-3-7-16)21(26)18-8-4-5-9-20(18)25(22)24-19/h1-13H,14H2. The van der Waals surface area contributed by atoms with Gasteiger partial charge in [0, 0.05) is 16.5 Å². The summed E-state index contributed by atoms with van der Waals surface area (Å²) in [4.78, 5) is 13.5. The van der Waals surface area contributed by atoms with Crippen LogP contribution in [0, 0.1) is 0 Å². The predicted octanol–water partition coefficient (Wildman–Crippen LogP) is 5.16. The number of anilines is 1. The molecule has 1 unspecified atom stereocenters.